The van der Waals surface area contributed by atoms with Crippen molar-refractivity contribution in [2.75, 3.05) is 0 Å². The van der Waals surface area contributed by atoms with Crippen LogP contribution >= 0.6 is 0 Å². The summed E-state index contributed by atoms with van der Waals surface area (Å²) in [5, 5.41) is 3.43. The normalized spacial score (nSPS) is 56.8. The Bertz CT molecular complexity index is 290. The minimum absolute atomic E-state index is 0.0696. The van der Waals surface area contributed by atoms with E-state index < -0.39 is 0 Å². The van der Waals surface area contributed by atoms with Gasteiger partial charge in [0.15, 0.2) is 0 Å². The predicted octanol–water partition coefficient (Wildman–Crippen LogP) is 2.63. The average molecular weight is 222 g/mol. The molecule has 3 N–H and O–H groups in total. The first kappa shape index (κ1) is 11.0. The molecule has 0 bridgehead atoms. The van der Waals surface area contributed by atoms with E-state index in [0.717, 1.165) is 11.8 Å². The number of rotatable bonds is 0. The topological polar surface area (TPSA) is 48.0 Å². The van der Waals surface area contributed by atoms with Gasteiger partial charge in [-0.15, -0.1) is 0 Å². The van der Waals surface area contributed by atoms with Crippen LogP contribution < -0.4 is 11.1 Å². The molecule has 5 atom stereocenters. The standard InChI is InChI=1S/C14H26N2/c1-10-5-3-4-6-11(2)9-13(8-7-10)12-14(13,15)16-12/h10-12,16H,3-9,15H2,1-2H3. The van der Waals surface area contributed by atoms with Crippen LogP contribution in [0.5, 0.6) is 0 Å². The Labute approximate surface area is 99.4 Å². The zero-order chi connectivity index (χ0) is 11.4. The molecule has 5 unspecified atom stereocenters. The molecule has 3 fully saturated rings. The number of nitrogens with two attached hydrogens (primary N) is 1. The number of nitrogens with one attached hydrogen (secondary N) is 1. The van der Waals surface area contributed by atoms with Crippen LogP contribution in [0.15, 0.2) is 0 Å². The molecule has 0 amide bonds. The molecule has 3 aliphatic rings. The fourth-order valence-electron chi connectivity index (χ4n) is 4.12. The van der Waals surface area contributed by atoms with Crippen LogP contribution in [0.2, 0.25) is 0 Å². The molecule has 0 aromatic heterocycles. The van der Waals surface area contributed by atoms with Gasteiger partial charge in [-0.3, -0.25) is 5.32 Å². The van der Waals surface area contributed by atoms with Crippen LogP contribution in [0, 0.1) is 17.3 Å². The van der Waals surface area contributed by atoms with Crippen molar-refractivity contribution in [2.24, 2.45) is 23.0 Å². The van der Waals surface area contributed by atoms with Gasteiger partial charge in [0.05, 0.1) is 5.66 Å². The number of fused-ring (bicyclic) bond motifs is 3. The molecule has 0 aromatic carbocycles. The lowest BCUT2D eigenvalue weighted by Gasteiger charge is -2.31. The summed E-state index contributed by atoms with van der Waals surface area (Å²) in [7, 11) is 0. The predicted molar refractivity (Wildman–Crippen MR) is 66.9 cm³/mol. The quantitative estimate of drug-likeness (QED) is 0.619. The van der Waals surface area contributed by atoms with Gasteiger partial charge < -0.3 is 5.73 Å². The zero-order valence-electron chi connectivity index (χ0n) is 10.8. The molecular weight excluding hydrogens is 196 g/mol. The fourth-order valence-corrected chi connectivity index (χ4v) is 4.12. The highest BCUT2D eigenvalue weighted by Crippen LogP contribution is 2.70. The first-order chi connectivity index (χ1) is 7.58. The molecular formula is C14H26N2. The van der Waals surface area contributed by atoms with Gasteiger partial charge in [-0.25, -0.2) is 0 Å². The lowest BCUT2D eigenvalue weighted by Crippen LogP contribution is -2.39. The molecule has 0 aromatic rings. The zero-order valence-corrected chi connectivity index (χ0v) is 10.8. The lowest BCUT2D eigenvalue weighted by molar-refractivity contribution is 0.206. The molecule has 3 rings (SSSR count). The molecule has 1 spiro atoms. The maximum absolute atomic E-state index is 6.36. The van der Waals surface area contributed by atoms with Crippen LogP contribution in [-0.2, 0) is 0 Å². The summed E-state index contributed by atoms with van der Waals surface area (Å²) in [6.07, 6.45) is 9.84. The first-order valence-electron chi connectivity index (χ1n) is 7.15. The Balaban J connectivity index is 1.68. The van der Waals surface area contributed by atoms with Crippen LogP contribution in [0.1, 0.15) is 58.8 Å². The monoisotopic (exact) mass is 222 g/mol. The van der Waals surface area contributed by atoms with Crippen LogP contribution in [0.3, 0.4) is 0 Å². The average Bonchev–Trinajstić information content (AvgIpc) is 3.06. The molecule has 1 aliphatic heterocycles. The minimum atomic E-state index is 0.0696. The second-order valence-corrected chi connectivity index (χ2v) is 6.84. The maximum Gasteiger partial charge on any atom is 0.0904 e. The van der Waals surface area contributed by atoms with Crippen molar-refractivity contribution in [1.82, 2.24) is 5.32 Å². The Morgan fingerprint density at radius 2 is 1.69 bits per heavy atom. The highest BCUT2D eigenvalue weighted by Gasteiger charge is 2.86. The van der Waals surface area contributed by atoms with Gasteiger partial charge in [0.2, 0.25) is 0 Å². The minimum Gasteiger partial charge on any atom is -0.311 e. The van der Waals surface area contributed by atoms with Gasteiger partial charge in [0.25, 0.3) is 0 Å². The largest absolute Gasteiger partial charge is 0.311 e. The third-order valence-electron chi connectivity index (χ3n) is 5.49. The second-order valence-electron chi connectivity index (χ2n) is 6.84. The molecule has 16 heavy (non-hydrogen) atoms. The van der Waals surface area contributed by atoms with E-state index in [9.17, 15) is 0 Å². The van der Waals surface area contributed by atoms with Gasteiger partial charge in [-0.2, -0.15) is 0 Å². The molecule has 0 radical (unpaired) electrons. The van der Waals surface area contributed by atoms with Gasteiger partial charge in [0.1, 0.15) is 0 Å². The Morgan fingerprint density at radius 3 is 2.25 bits per heavy atom. The van der Waals surface area contributed by atoms with E-state index in [1.165, 1.54) is 44.9 Å². The molecule has 2 heteroatoms. The van der Waals surface area contributed by atoms with Crippen molar-refractivity contribution in [3.05, 3.63) is 0 Å². The SMILES string of the molecule is CC1CCCCC(C)CC2(CC1)C1NC12N. The van der Waals surface area contributed by atoms with Crippen molar-refractivity contribution in [3.8, 4) is 0 Å². The molecule has 92 valence electrons. The van der Waals surface area contributed by atoms with Crippen LogP contribution in [0.25, 0.3) is 0 Å². The number of hydrogen-bond acceptors (Lipinski definition) is 2. The lowest BCUT2D eigenvalue weighted by atomic mass is 9.79. The van der Waals surface area contributed by atoms with Crippen molar-refractivity contribution in [2.45, 2.75) is 70.5 Å². The summed E-state index contributed by atoms with van der Waals surface area (Å²) in [6.45, 7) is 4.84. The van der Waals surface area contributed by atoms with E-state index in [2.05, 4.69) is 19.2 Å². The van der Waals surface area contributed by atoms with Gasteiger partial charge in [-0.1, -0.05) is 46.0 Å². The van der Waals surface area contributed by atoms with Gasteiger partial charge in [-0.05, 0) is 24.7 Å². The van der Waals surface area contributed by atoms with Gasteiger partial charge >= 0.3 is 0 Å². The summed E-state index contributed by atoms with van der Waals surface area (Å²) in [5.74, 6) is 1.79. The van der Waals surface area contributed by atoms with Crippen molar-refractivity contribution in [3.63, 3.8) is 0 Å². The van der Waals surface area contributed by atoms with E-state index in [-0.39, 0.29) is 5.66 Å². The van der Waals surface area contributed by atoms with Gasteiger partial charge in [0, 0.05) is 11.5 Å². The first-order valence-corrected chi connectivity index (χ1v) is 7.15. The molecule has 1 saturated heterocycles. The molecule has 1 heterocycles. The second kappa shape index (κ2) is 3.46. The molecule has 2 aliphatic carbocycles. The Hall–Kier alpha value is -0.0800. The van der Waals surface area contributed by atoms with Crippen LogP contribution in [-0.4, -0.2) is 11.7 Å². The highest BCUT2D eigenvalue weighted by atomic mass is 15.5. The smallest absolute Gasteiger partial charge is 0.0904 e. The summed E-state index contributed by atoms with van der Waals surface area (Å²) in [6, 6.07) is 0.675. The third kappa shape index (κ3) is 1.46. The van der Waals surface area contributed by atoms with E-state index in [4.69, 9.17) is 5.73 Å². The van der Waals surface area contributed by atoms with Crippen molar-refractivity contribution < 1.29 is 0 Å². The molecule has 2 saturated carbocycles. The van der Waals surface area contributed by atoms with E-state index >= 15 is 0 Å². The third-order valence-corrected chi connectivity index (χ3v) is 5.49. The number of hydrogen-bond donors (Lipinski definition) is 2. The Kier molecular flexibility index (Phi) is 2.38. The summed E-state index contributed by atoms with van der Waals surface area (Å²) >= 11 is 0. The van der Waals surface area contributed by atoms with Crippen LogP contribution in [0.4, 0.5) is 0 Å². The van der Waals surface area contributed by atoms with Crippen molar-refractivity contribution in [1.29, 1.82) is 0 Å². The van der Waals surface area contributed by atoms with E-state index in [1.807, 2.05) is 0 Å². The molecule has 2 nitrogen and oxygen atoms in total. The summed E-state index contributed by atoms with van der Waals surface area (Å²) < 4.78 is 0. The van der Waals surface area contributed by atoms with E-state index in [1.54, 1.807) is 0 Å². The Morgan fingerprint density at radius 1 is 1.06 bits per heavy atom. The fraction of sp³-hybridized carbons (Fsp3) is 1.00. The van der Waals surface area contributed by atoms with Crippen molar-refractivity contribution >= 4 is 0 Å². The summed E-state index contributed by atoms with van der Waals surface area (Å²) in [4.78, 5) is 0. The highest BCUT2D eigenvalue weighted by molar-refractivity contribution is 5.43. The maximum atomic E-state index is 6.36. The van der Waals surface area contributed by atoms with E-state index in [0.29, 0.717) is 11.5 Å². The summed E-state index contributed by atoms with van der Waals surface area (Å²) in [5.41, 5.74) is 6.92.